The van der Waals surface area contributed by atoms with Gasteiger partial charge in [-0.25, -0.2) is 0 Å². The van der Waals surface area contributed by atoms with Crippen molar-refractivity contribution in [2.45, 2.75) is 12.3 Å². The van der Waals surface area contributed by atoms with E-state index < -0.39 is 11.9 Å². The van der Waals surface area contributed by atoms with E-state index in [0.717, 1.165) is 5.56 Å². The standard InChI is InChI=1S/C27H22O8/c1-31-19-8-4-14(10-22(19)33-3)11-23-26(30)16-6-9-20-25(27(16)35-23)17(13-24(29)34-20)15-5-7-18(28)21(12-15)32-2/h4-12,17,28H,13H2,1-3H3/b23-11-/t17-/m0/s1. The average Bonchev–Trinajstić information content (AvgIpc) is 3.18. The number of benzene rings is 3. The highest BCUT2D eigenvalue weighted by molar-refractivity contribution is 6.15. The fourth-order valence-corrected chi connectivity index (χ4v) is 4.40. The molecular weight excluding hydrogens is 452 g/mol. The van der Waals surface area contributed by atoms with Gasteiger partial charge in [-0.1, -0.05) is 12.1 Å². The molecule has 35 heavy (non-hydrogen) atoms. The normalized spacial score (nSPS) is 17.3. The first-order valence-electron chi connectivity index (χ1n) is 10.8. The number of ketones is 1. The molecule has 2 heterocycles. The molecule has 0 saturated heterocycles. The quantitative estimate of drug-likeness (QED) is 0.328. The van der Waals surface area contributed by atoms with E-state index >= 15 is 0 Å². The number of phenolic OH excluding ortho intramolecular Hbond substituents is 1. The van der Waals surface area contributed by atoms with Crippen molar-refractivity contribution in [3.8, 4) is 34.5 Å². The molecule has 1 atom stereocenters. The van der Waals surface area contributed by atoms with Crippen LogP contribution in [0.15, 0.2) is 54.3 Å². The zero-order valence-electron chi connectivity index (χ0n) is 19.3. The van der Waals surface area contributed by atoms with E-state index in [9.17, 15) is 14.7 Å². The topological polar surface area (TPSA) is 101 Å². The van der Waals surface area contributed by atoms with Gasteiger partial charge in [-0.2, -0.15) is 0 Å². The van der Waals surface area contributed by atoms with Gasteiger partial charge in [-0.15, -0.1) is 0 Å². The average molecular weight is 474 g/mol. The Hall–Kier alpha value is -4.46. The number of carbonyl (C=O) groups is 2. The fraction of sp³-hybridized carbons (Fsp3) is 0.185. The summed E-state index contributed by atoms with van der Waals surface area (Å²) in [5.74, 6) is 1.04. The maximum atomic E-state index is 13.2. The maximum Gasteiger partial charge on any atom is 0.312 e. The number of hydrogen-bond acceptors (Lipinski definition) is 8. The van der Waals surface area contributed by atoms with Gasteiger partial charge in [-0.05, 0) is 53.6 Å². The highest BCUT2D eigenvalue weighted by atomic mass is 16.5. The van der Waals surface area contributed by atoms with Crippen molar-refractivity contribution < 1.29 is 38.4 Å². The molecule has 8 heteroatoms. The van der Waals surface area contributed by atoms with Crippen molar-refractivity contribution in [3.63, 3.8) is 0 Å². The van der Waals surface area contributed by atoms with Gasteiger partial charge in [0.1, 0.15) is 11.5 Å². The van der Waals surface area contributed by atoms with E-state index in [-0.39, 0.29) is 29.5 Å². The smallest absolute Gasteiger partial charge is 0.312 e. The van der Waals surface area contributed by atoms with Crippen molar-refractivity contribution in [3.05, 3.63) is 76.5 Å². The number of allylic oxidation sites excluding steroid dienone is 1. The lowest BCUT2D eigenvalue weighted by atomic mass is 9.84. The Kier molecular flexibility index (Phi) is 5.56. The number of phenols is 1. The van der Waals surface area contributed by atoms with Gasteiger partial charge in [-0.3, -0.25) is 9.59 Å². The molecule has 3 aromatic rings. The van der Waals surface area contributed by atoms with Gasteiger partial charge < -0.3 is 28.8 Å². The monoisotopic (exact) mass is 474 g/mol. The zero-order valence-corrected chi connectivity index (χ0v) is 19.3. The predicted molar refractivity (Wildman–Crippen MR) is 126 cm³/mol. The molecule has 0 fully saturated rings. The van der Waals surface area contributed by atoms with Crippen LogP contribution in [0, 0.1) is 0 Å². The molecule has 5 rings (SSSR count). The summed E-state index contributed by atoms with van der Waals surface area (Å²) in [7, 11) is 4.53. The molecule has 0 unspecified atom stereocenters. The van der Waals surface area contributed by atoms with Crippen molar-refractivity contribution >= 4 is 17.8 Å². The van der Waals surface area contributed by atoms with Crippen LogP contribution in [-0.4, -0.2) is 38.2 Å². The molecular formula is C27H22O8. The zero-order chi connectivity index (χ0) is 24.7. The lowest BCUT2D eigenvalue weighted by Gasteiger charge is -2.26. The first kappa shape index (κ1) is 22.3. The summed E-state index contributed by atoms with van der Waals surface area (Å²) < 4.78 is 27.4. The van der Waals surface area contributed by atoms with E-state index in [1.165, 1.54) is 20.3 Å². The van der Waals surface area contributed by atoms with Gasteiger partial charge in [0.2, 0.25) is 5.78 Å². The second-order valence-corrected chi connectivity index (χ2v) is 8.07. The Morgan fingerprint density at radius 1 is 0.886 bits per heavy atom. The van der Waals surface area contributed by atoms with E-state index in [1.807, 2.05) is 0 Å². The predicted octanol–water partition coefficient (Wildman–Crippen LogP) is 4.48. The minimum absolute atomic E-state index is 0.0142. The van der Waals surface area contributed by atoms with Crippen molar-refractivity contribution in [1.29, 1.82) is 0 Å². The summed E-state index contributed by atoms with van der Waals surface area (Å²) in [6.07, 6.45) is 1.67. The van der Waals surface area contributed by atoms with Crippen molar-refractivity contribution in [2.75, 3.05) is 21.3 Å². The molecule has 8 nitrogen and oxygen atoms in total. The first-order valence-corrected chi connectivity index (χ1v) is 10.8. The summed E-state index contributed by atoms with van der Waals surface area (Å²) in [5.41, 5.74) is 2.39. The lowest BCUT2D eigenvalue weighted by molar-refractivity contribution is -0.135. The third-order valence-electron chi connectivity index (χ3n) is 6.09. The van der Waals surface area contributed by atoms with Gasteiger partial charge in [0.25, 0.3) is 0 Å². The van der Waals surface area contributed by atoms with E-state index in [2.05, 4.69) is 0 Å². The maximum absolute atomic E-state index is 13.2. The van der Waals surface area contributed by atoms with Gasteiger partial charge >= 0.3 is 5.97 Å². The number of fused-ring (bicyclic) bond motifs is 3. The summed E-state index contributed by atoms with van der Waals surface area (Å²) >= 11 is 0. The van der Waals surface area contributed by atoms with Crippen LogP contribution in [0.3, 0.4) is 0 Å². The van der Waals surface area contributed by atoms with Gasteiger partial charge in [0.15, 0.2) is 28.8 Å². The Balaban J connectivity index is 1.58. The van der Waals surface area contributed by atoms with Crippen LogP contribution in [0.5, 0.6) is 34.5 Å². The number of ether oxygens (including phenoxy) is 5. The number of hydrogen-bond donors (Lipinski definition) is 1. The summed E-state index contributed by atoms with van der Waals surface area (Å²) in [6.45, 7) is 0. The number of Topliss-reactive ketones (excluding diaryl/α,β-unsaturated/α-hetero) is 1. The highest BCUT2D eigenvalue weighted by Gasteiger charge is 2.38. The van der Waals surface area contributed by atoms with Crippen LogP contribution in [0.1, 0.15) is 39.4 Å². The molecule has 0 aromatic heterocycles. The molecule has 178 valence electrons. The van der Waals surface area contributed by atoms with Crippen molar-refractivity contribution in [1.82, 2.24) is 0 Å². The van der Waals surface area contributed by atoms with E-state index in [1.54, 1.807) is 55.7 Å². The fourth-order valence-electron chi connectivity index (χ4n) is 4.40. The Morgan fingerprint density at radius 2 is 1.66 bits per heavy atom. The summed E-state index contributed by atoms with van der Waals surface area (Å²) in [6, 6.07) is 13.4. The van der Waals surface area contributed by atoms with Crippen LogP contribution in [0.25, 0.3) is 6.08 Å². The molecule has 2 aliphatic rings. The summed E-state index contributed by atoms with van der Waals surface area (Å²) in [5, 5.41) is 10.0. The Labute approximate surface area is 201 Å². The Bertz CT molecular complexity index is 1390. The molecule has 0 bridgehead atoms. The molecule has 0 radical (unpaired) electrons. The first-order chi connectivity index (χ1) is 16.9. The van der Waals surface area contributed by atoms with Crippen LogP contribution in [0.4, 0.5) is 0 Å². The van der Waals surface area contributed by atoms with Crippen molar-refractivity contribution in [2.24, 2.45) is 0 Å². The third kappa shape index (κ3) is 3.82. The third-order valence-corrected chi connectivity index (χ3v) is 6.09. The highest BCUT2D eigenvalue weighted by Crippen LogP contribution is 2.49. The number of methoxy groups -OCH3 is 3. The number of aromatic hydroxyl groups is 1. The van der Waals surface area contributed by atoms with Gasteiger partial charge in [0, 0.05) is 11.5 Å². The molecule has 0 aliphatic carbocycles. The molecule has 3 aromatic carbocycles. The molecule has 0 spiro atoms. The SMILES string of the molecule is COc1cc([C@@H]2CC(=O)Oc3ccc4c(c32)O/C(=C\c2ccc(OC)c(OC)c2)C4=O)ccc1O. The number of rotatable bonds is 5. The lowest BCUT2D eigenvalue weighted by Crippen LogP contribution is -2.21. The van der Waals surface area contributed by atoms with E-state index in [0.29, 0.717) is 39.7 Å². The van der Waals surface area contributed by atoms with Crippen LogP contribution in [-0.2, 0) is 4.79 Å². The minimum atomic E-state index is -0.455. The molecule has 2 aliphatic heterocycles. The largest absolute Gasteiger partial charge is 0.504 e. The second kappa shape index (κ2) is 8.72. The molecule has 1 N–H and O–H groups in total. The molecule has 0 amide bonds. The number of carbonyl (C=O) groups excluding carboxylic acids is 2. The minimum Gasteiger partial charge on any atom is -0.504 e. The number of esters is 1. The van der Waals surface area contributed by atoms with Gasteiger partial charge in [0.05, 0.1) is 33.3 Å². The van der Waals surface area contributed by atoms with Crippen LogP contribution in [0.2, 0.25) is 0 Å². The van der Waals surface area contributed by atoms with Crippen LogP contribution >= 0.6 is 0 Å². The molecule has 0 saturated carbocycles. The second-order valence-electron chi connectivity index (χ2n) is 8.07. The van der Waals surface area contributed by atoms with E-state index in [4.69, 9.17) is 23.7 Å². The Morgan fingerprint density at radius 3 is 2.40 bits per heavy atom. The van der Waals surface area contributed by atoms with Crippen LogP contribution < -0.4 is 23.7 Å². The summed E-state index contributed by atoms with van der Waals surface area (Å²) in [4.78, 5) is 25.6.